The van der Waals surface area contributed by atoms with Gasteiger partial charge in [0.05, 0.1) is 29.0 Å². The van der Waals surface area contributed by atoms with E-state index >= 15 is 0 Å². The Morgan fingerprint density at radius 3 is 3.10 bits per heavy atom. The standard InChI is InChI=1S/C15H18N2O3/c18-15(19)11-4-5-14-13(9-11)16-10-17(14)7-6-12-3-1-2-8-20-12/h4-5,9-10,12H,1-3,6-8H2,(H,18,19). The summed E-state index contributed by atoms with van der Waals surface area (Å²) in [5.74, 6) is -0.919. The summed E-state index contributed by atoms with van der Waals surface area (Å²) < 4.78 is 7.80. The van der Waals surface area contributed by atoms with Crippen LogP contribution in [0.1, 0.15) is 36.0 Å². The Bertz CT molecular complexity index is 615. The number of benzene rings is 1. The third-order valence-electron chi connectivity index (χ3n) is 3.83. The molecule has 1 atom stereocenters. The highest BCUT2D eigenvalue weighted by Gasteiger charge is 2.14. The van der Waals surface area contributed by atoms with E-state index in [4.69, 9.17) is 9.84 Å². The van der Waals surface area contributed by atoms with Crippen molar-refractivity contribution in [2.24, 2.45) is 0 Å². The van der Waals surface area contributed by atoms with Crippen LogP contribution in [0.15, 0.2) is 24.5 Å². The zero-order valence-corrected chi connectivity index (χ0v) is 11.3. The minimum absolute atomic E-state index is 0.276. The van der Waals surface area contributed by atoms with Gasteiger partial charge in [-0.15, -0.1) is 0 Å². The number of carbonyl (C=O) groups is 1. The number of aryl methyl sites for hydroxylation is 1. The van der Waals surface area contributed by atoms with Gasteiger partial charge in [0.2, 0.25) is 0 Å². The molecule has 1 aromatic heterocycles. The number of rotatable bonds is 4. The van der Waals surface area contributed by atoms with Crippen molar-refractivity contribution in [1.82, 2.24) is 9.55 Å². The molecule has 0 bridgehead atoms. The first kappa shape index (κ1) is 13.1. The molecule has 0 amide bonds. The molecule has 0 spiro atoms. The van der Waals surface area contributed by atoms with Crippen LogP contribution < -0.4 is 0 Å². The van der Waals surface area contributed by atoms with Gasteiger partial charge in [-0.25, -0.2) is 9.78 Å². The van der Waals surface area contributed by atoms with Crippen LogP contribution in [0.25, 0.3) is 11.0 Å². The summed E-state index contributed by atoms with van der Waals surface area (Å²) in [6.45, 7) is 1.73. The number of fused-ring (bicyclic) bond motifs is 1. The number of carboxylic acids is 1. The number of imidazole rings is 1. The highest BCUT2D eigenvalue weighted by atomic mass is 16.5. The quantitative estimate of drug-likeness (QED) is 0.931. The van der Waals surface area contributed by atoms with Crippen LogP contribution in [0, 0.1) is 0 Å². The first-order valence-electron chi connectivity index (χ1n) is 7.04. The van der Waals surface area contributed by atoms with Crippen molar-refractivity contribution in [2.75, 3.05) is 6.61 Å². The van der Waals surface area contributed by atoms with Crippen molar-refractivity contribution in [3.63, 3.8) is 0 Å². The maximum absolute atomic E-state index is 10.9. The first-order chi connectivity index (χ1) is 9.74. The van der Waals surface area contributed by atoms with Crippen LogP contribution in [0.5, 0.6) is 0 Å². The Labute approximate surface area is 117 Å². The van der Waals surface area contributed by atoms with Gasteiger partial charge in [-0.05, 0) is 43.9 Å². The van der Waals surface area contributed by atoms with Crippen molar-refractivity contribution in [3.8, 4) is 0 Å². The summed E-state index contributed by atoms with van der Waals surface area (Å²) >= 11 is 0. The van der Waals surface area contributed by atoms with Crippen molar-refractivity contribution < 1.29 is 14.6 Å². The molecule has 2 heterocycles. The lowest BCUT2D eigenvalue weighted by atomic mass is 10.1. The molecule has 0 saturated carbocycles. The van der Waals surface area contributed by atoms with Gasteiger partial charge < -0.3 is 14.4 Å². The molecule has 1 aliphatic heterocycles. The molecule has 1 aliphatic rings. The third-order valence-corrected chi connectivity index (χ3v) is 3.83. The van der Waals surface area contributed by atoms with E-state index < -0.39 is 5.97 Å². The summed E-state index contributed by atoms with van der Waals surface area (Å²) in [6.07, 6.45) is 6.65. The van der Waals surface area contributed by atoms with Gasteiger partial charge in [0, 0.05) is 13.2 Å². The molecule has 1 unspecified atom stereocenters. The number of nitrogens with zero attached hydrogens (tertiary/aromatic N) is 2. The van der Waals surface area contributed by atoms with E-state index in [-0.39, 0.29) is 5.56 Å². The predicted molar refractivity (Wildman–Crippen MR) is 74.9 cm³/mol. The second kappa shape index (κ2) is 5.63. The first-order valence-corrected chi connectivity index (χ1v) is 7.04. The maximum Gasteiger partial charge on any atom is 0.335 e. The monoisotopic (exact) mass is 274 g/mol. The minimum Gasteiger partial charge on any atom is -0.478 e. The SMILES string of the molecule is O=C(O)c1ccc2c(c1)ncn2CCC1CCCCO1. The summed E-state index contributed by atoms with van der Waals surface area (Å²) in [6, 6.07) is 5.07. The summed E-state index contributed by atoms with van der Waals surface area (Å²) in [4.78, 5) is 15.2. The number of aromatic carboxylic acids is 1. The molecule has 106 valence electrons. The normalized spacial score (nSPS) is 19.3. The fraction of sp³-hybridized carbons (Fsp3) is 0.467. The molecule has 5 nitrogen and oxygen atoms in total. The van der Waals surface area contributed by atoms with Gasteiger partial charge in [0.25, 0.3) is 0 Å². The minimum atomic E-state index is -0.919. The number of ether oxygens (including phenoxy) is 1. The Balaban J connectivity index is 1.73. The Morgan fingerprint density at radius 1 is 1.45 bits per heavy atom. The zero-order valence-electron chi connectivity index (χ0n) is 11.3. The van der Waals surface area contributed by atoms with Gasteiger partial charge in [0.15, 0.2) is 0 Å². The molecule has 0 radical (unpaired) electrons. The molecular formula is C15H18N2O3. The molecule has 2 aromatic rings. The summed E-state index contributed by atoms with van der Waals surface area (Å²) in [5, 5.41) is 8.97. The molecular weight excluding hydrogens is 256 g/mol. The van der Waals surface area contributed by atoms with Gasteiger partial charge in [-0.3, -0.25) is 0 Å². The molecule has 1 saturated heterocycles. The van der Waals surface area contributed by atoms with E-state index in [1.165, 1.54) is 12.8 Å². The smallest absolute Gasteiger partial charge is 0.335 e. The van der Waals surface area contributed by atoms with Crippen LogP contribution in [-0.4, -0.2) is 33.3 Å². The highest BCUT2D eigenvalue weighted by molar-refractivity contribution is 5.92. The van der Waals surface area contributed by atoms with Gasteiger partial charge in [-0.2, -0.15) is 0 Å². The molecule has 1 aromatic carbocycles. The largest absolute Gasteiger partial charge is 0.478 e. The Hall–Kier alpha value is -1.88. The van der Waals surface area contributed by atoms with Crippen molar-refractivity contribution in [3.05, 3.63) is 30.1 Å². The number of aromatic nitrogens is 2. The average Bonchev–Trinajstić information content (AvgIpc) is 2.88. The van der Waals surface area contributed by atoms with Crippen molar-refractivity contribution in [1.29, 1.82) is 0 Å². The van der Waals surface area contributed by atoms with Gasteiger partial charge in [0.1, 0.15) is 0 Å². The van der Waals surface area contributed by atoms with Crippen LogP contribution >= 0.6 is 0 Å². The van der Waals surface area contributed by atoms with Crippen LogP contribution in [0.4, 0.5) is 0 Å². The van der Waals surface area contributed by atoms with Crippen LogP contribution in [0.2, 0.25) is 0 Å². The van der Waals surface area contributed by atoms with Crippen molar-refractivity contribution in [2.45, 2.75) is 38.3 Å². The predicted octanol–water partition coefficient (Wildman–Crippen LogP) is 2.69. The van der Waals surface area contributed by atoms with Crippen LogP contribution in [0.3, 0.4) is 0 Å². The Kier molecular flexibility index (Phi) is 3.69. The van der Waals surface area contributed by atoms with E-state index in [0.717, 1.165) is 37.0 Å². The summed E-state index contributed by atoms with van der Waals surface area (Å²) in [5.41, 5.74) is 1.98. The molecule has 1 N–H and O–H groups in total. The van der Waals surface area contributed by atoms with Gasteiger partial charge >= 0.3 is 5.97 Å². The Morgan fingerprint density at radius 2 is 2.35 bits per heavy atom. The molecule has 1 fully saturated rings. The van der Waals surface area contributed by atoms with Crippen molar-refractivity contribution >= 4 is 17.0 Å². The van der Waals surface area contributed by atoms with E-state index in [1.807, 2.05) is 6.07 Å². The average molecular weight is 274 g/mol. The lowest BCUT2D eigenvalue weighted by Crippen LogP contribution is -2.20. The van der Waals surface area contributed by atoms with Gasteiger partial charge in [-0.1, -0.05) is 0 Å². The van der Waals surface area contributed by atoms with E-state index in [1.54, 1.807) is 18.5 Å². The molecule has 5 heteroatoms. The maximum atomic E-state index is 10.9. The fourth-order valence-corrected chi connectivity index (χ4v) is 2.69. The third kappa shape index (κ3) is 2.67. The molecule has 20 heavy (non-hydrogen) atoms. The van der Waals surface area contributed by atoms with Crippen LogP contribution in [-0.2, 0) is 11.3 Å². The summed E-state index contributed by atoms with van der Waals surface area (Å²) in [7, 11) is 0. The topological polar surface area (TPSA) is 64.3 Å². The zero-order chi connectivity index (χ0) is 13.9. The van der Waals surface area contributed by atoms with E-state index in [0.29, 0.717) is 6.10 Å². The van der Waals surface area contributed by atoms with E-state index in [9.17, 15) is 4.79 Å². The number of carboxylic acid groups (broad SMARTS) is 1. The lowest BCUT2D eigenvalue weighted by molar-refractivity contribution is 0.00897. The number of hydrogen-bond donors (Lipinski definition) is 1. The molecule has 0 aliphatic carbocycles. The second-order valence-electron chi connectivity index (χ2n) is 5.22. The number of hydrogen-bond acceptors (Lipinski definition) is 3. The highest BCUT2D eigenvalue weighted by Crippen LogP contribution is 2.19. The molecule has 3 rings (SSSR count). The van der Waals surface area contributed by atoms with E-state index in [2.05, 4.69) is 9.55 Å². The second-order valence-corrected chi connectivity index (χ2v) is 5.22. The lowest BCUT2D eigenvalue weighted by Gasteiger charge is -2.22. The fourth-order valence-electron chi connectivity index (χ4n) is 2.69.